The quantitative estimate of drug-likeness (QED) is 0.655. The van der Waals surface area contributed by atoms with Gasteiger partial charge in [-0.15, -0.1) is 0 Å². The van der Waals surface area contributed by atoms with Crippen molar-refractivity contribution >= 4 is 23.1 Å². The van der Waals surface area contributed by atoms with Crippen LogP contribution >= 0.6 is 0 Å². The number of nitrogens with one attached hydrogen (secondary N) is 1. The van der Waals surface area contributed by atoms with Crippen molar-refractivity contribution in [1.82, 2.24) is 5.32 Å². The van der Waals surface area contributed by atoms with Gasteiger partial charge in [0.25, 0.3) is 11.6 Å². The highest BCUT2D eigenvalue weighted by molar-refractivity contribution is 6.14. The summed E-state index contributed by atoms with van der Waals surface area (Å²) in [5.74, 6) is -0.287. The van der Waals surface area contributed by atoms with Crippen LogP contribution in [-0.4, -0.2) is 28.9 Å². The fourth-order valence-electron chi connectivity index (χ4n) is 3.42. The van der Waals surface area contributed by atoms with Crippen molar-refractivity contribution in [3.05, 3.63) is 75.5 Å². The number of carbonyl (C=O) groups excluding carboxylic acids is 2. The minimum atomic E-state index is -0.421. The van der Waals surface area contributed by atoms with Crippen molar-refractivity contribution in [3.8, 4) is 11.1 Å². The van der Waals surface area contributed by atoms with Crippen LogP contribution < -0.4 is 5.32 Å². The molecular weight excluding hydrogens is 358 g/mol. The second-order valence-corrected chi connectivity index (χ2v) is 6.79. The van der Waals surface area contributed by atoms with Gasteiger partial charge in [0.05, 0.1) is 4.92 Å². The number of rotatable bonds is 4. The lowest BCUT2D eigenvalue weighted by molar-refractivity contribution is -0.384. The van der Waals surface area contributed by atoms with Gasteiger partial charge in [0, 0.05) is 49.2 Å². The maximum Gasteiger partial charge on any atom is 0.270 e. The number of hydrogen-bond acceptors (Lipinski definition) is 5. The summed E-state index contributed by atoms with van der Waals surface area (Å²) >= 11 is 0. The summed E-state index contributed by atoms with van der Waals surface area (Å²) in [6, 6.07) is 14.2. The molecule has 0 saturated heterocycles. The van der Waals surface area contributed by atoms with E-state index in [9.17, 15) is 19.7 Å². The zero-order valence-electron chi connectivity index (χ0n) is 15.0. The third kappa shape index (κ3) is 3.46. The van der Waals surface area contributed by atoms with E-state index >= 15 is 0 Å². The number of non-ortho nitro benzene ring substituents is 1. The van der Waals surface area contributed by atoms with Crippen molar-refractivity contribution in [2.75, 3.05) is 6.54 Å². The monoisotopic (exact) mass is 375 g/mol. The second-order valence-electron chi connectivity index (χ2n) is 6.79. The van der Waals surface area contributed by atoms with Crippen molar-refractivity contribution in [1.29, 1.82) is 0 Å². The fraction of sp³-hybridized carbons (Fsp3) is 0.190. The number of nitro groups is 1. The number of amides is 1. The number of hydrogen-bond donors (Lipinski definition) is 1. The van der Waals surface area contributed by atoms with Gasteiger partial charge in [-0.05, 0) is 28.8 Å². The van der Waals surface area contributed by atoms with Gasteiger partial charge in [0.2, 0.25) is 0 Å². The van der Waals surface area contributed by atoms with E-state index in [4.69, 9.17) is 0 Å². The number of allylic oxidation sites excluding steroid dienone is 1. The molecule has 0 radical (unpaired) electrons. The topological polar surface area (TPSA) is 102 Å². The lowest BCUT2D eigenvalue weighted by atomic mass is 9.98. The van der Waals surface area contributed by atoms with Crippen LogP contribution in [0.25, 0.3) is 11.1 Å². The smallest absolute Gasteiger partial charge is 0.270 e. The summed E-state index contributed by atoms with van der Waals surface area (Å²) in [5.41, 5.74) is 4.52. The number of aliphatic imine (C=N–C) groups is 1. The lowest BCUT2D eigenvalue weighted by Crippen LogP contribution is -2.24. The molecule has 0 aliphatic carbocycles. The molecule has 1 N–H and O–H groups in total. The van der Waals surface area contributed by atoms with E-state index in [1.54, 1.807) is 12.1 Å². The first-order valence-electron chi connectivity index (χ1n) is 8.96. The third-order valence-electron chi connectivity index (χ3n) is 4.90. The molecule has 0 saturated carbocycles. The number of benzene rings is 2. The van der Waals surface area contributed by atoms with Crippen LogP contribution in [0.15, 0.2) is 64.8 Å². The largest absolute Gasteiger partial charge is 0.350 e. The summed E-state index contributed by atoms with van der Waals surface area (Å²) in [6.07, 6.45) is 1.30. The first-order valence-corrected chi connectivity index (χ1v) is 8.96. The average molecular weight is 375 g/mol. The number of carbonyl (C=O) groups is 2. The Hall–Kier alpha value is -3.61. The van der Waals surface area contributed by atoms with Crippen LogP contribution in [0.1, 0.15) is 18.4 Å². The minimum absolute atomic E-state index is 0.0133. The lowest BCUT2D eigenvalue weighted by Gasteiger charge is -2.06. The van der Waals surface area contributed by atoms with Gasteiger partial charge in [-0.2, -0.15) is 0 Å². The zero-order valence-corrected chi connectivity index (χ0v) is 15.0. The van der Waals surface area contributed by atoms with E-state index in [1.807, 2.05) is 24.3 Å². The Labute approximate surface area is 160 Å². The van der Waals surface area contributed by atoms with Gasteiger partial charge in [0.1, 0.15) is 5.70 Å². The van der Waals surface area contributed by atoms with Crippen LogP contribution in [0.4, 0.5) is 5.69 Å². The van der Waals surface area contributed by atoms with E-state index in [0.717, 1.165) is 22.4 Å². The number of nitrogens with zero attached hydrogens (tertiary/aromatic N) is 2. The first kappa shape index (κ1) is 17.8. The molecule has 0 aromatic heterocycles. The Morgan fingerprint density at radius 2 is 1.64 bits per heavy atom. The first-order chi connectivity index (χ1) is 13.5. The van der Waals surface area contributed by atoms with Crippen molar-refractivity contribution in [2.24, 2.45) is 4.99 Å². The Morgan fingerprint density at radius 3 is 2.29 bits per heavy atom. The highest BCUT2D eigenvalue weighted by atomic mass is 16.6. The van der Waals surface area contributed by atoms with Crippen LogP contribution in [-0.2, 0) is 16.0 Å². The van der Waals surface area contributed by atoms with E-state index in [1.165, 1.54) is 12.1 Å². The maximum atomic E-state index is 12.1. The molecule has 140 valence electrons. The molecule has 2 aliphatic rings. The van der Waals surface area contributed by atoms with Gasteiger partial charge in [-0.25, -0.2) is 0 Å². The van der Waals surface area contributed by atoms with Crippen molar-refractivity contribution in [2.45, 2.75) is 19.3 Å². The Kier molecular flexibility index (Phi) is 4.57. The second kappa shape index (κ2) is 7.19. The van der Waals surface area contributed by atoms with Gasteiger partial charge >= 0.3 is 0 Å². The molecule has 28 heavy (non-hydrogen) atoms. The fourth-order valence-corrected chi connectivity index (χ4v) is 3.42. The Bertz CT molecular complexity index is 1030. The minimum Gasteiger partial charge on any atom is -0.350 e. The predicted molar refractivity (Wildman–Crippen MR) is 104 cm³/mol. The summed E-state index contributed by atoms with van der Waals surface area (Å²) in [7, 11) is 0. The molecule has 0 atom stereocenters. The Morgan fingerprint density at radius 1 is 1.00 bits per heavy atom. The maximum absolute atomic E-state index is 12.1. The van der Waals surface area contributed by atoms with E-state index < -0.39 is 4.92 Å². The van der Waals surface area contributed by atoms with Crippen LogP contribution in [0.5, 0.6) is 0 Å². The zero-order chi connectivity index (χ0) is 19.7. The molecule has 4 rings (SSSR count). The standard InChI is InChI=1S/C21H17N3O4/c25-19-9-10-22-21(26)20-18(19)12-16(23-20)11-13-1-3-14(4-2-13)15-5-7-17(8-6-15)24(27)28/h1-8H,9-12H2,(H,22,26). The molecule has 1 amide bonds. The van der Waals surface area contributed by atoms with E-state index in [0.29, 0.717) is 31.4 Å². The predicted octanol–water partition coefficient (Wildman–Crippen LogP) is 2.99. The van der Waals surface area contributed by atoms with Crippen LogP contribution in [0.2, 0.25) is 0 Å². The third-order valence-corrected chi connectivity index (χ3v) is 4.90. The molecule has 0 bridgehead atoms. The number of Topliss-reactive ketones (excluding diaryl/α,β-unsaturated/α-hetero) is 1. The average Bonchev–Trinajstić information content (AvgIpc) is 3.07. The molecule has 7 nitrogen and oxygen atoms in total. The van der Waals surface area contributed by atoms with Gasteiger partial charge in [-0.3, -0.25) is 24.7 Å². The summed E-state index contributed by atoms with van der Waals surface area (Å²) in [4.78, 5) is 38.9. The van der Waals surface area contributed by atoms with Crippen molar-refractivity contribution < 1.29 is 14.5 Å². The van der Waals surface area contributed by atoms with Gasteiger partial charge < -0.3 is 5.32 Å². The normalized spacial score (nSPS) is 16.4. The highest BCUT2D eigenvalue weighted by Gasteiger charge is 2.29. The summed E-state index contributed by atoms with van der Waals surface area (Å²) < 4.78 is 0. The molecule has 2 aliphatic heterocycles. The van der Waals surface area contributed by atoms with Crippen molar-refractivity contribution in [3.63, 3.8) is 0 Å². The number of ketones is 1. The molecule has 2 aromatic carbocycles. The van der Waals surface area contributed by atoms with E-state index in [2.05, 4.69) is 10.3 Å². The van der Waals surface area contributed by atoms with E-state index in [-0.39, 0.29) is 23.1 Å². The molecule has 7 heteroatoms. The molecule has 2 aromatic rings. The molecule has 0 unspecified atom stereocenters. The highest BCUT2D eigenvalue weighted by Crippen LogP contribution is 2.27. The van der Waals surface area contributed by atoms with Crippen LogP contribution in [0.3, 0.4) is 0 Å². The van der Waals surface area contributed by atoms with Crippen LogP contribution in [0, 0.1) is 10.1 Å². The summed E-state index contributed by atoms with van der Waals surface area (Å²) in [5, 5.41) is 13.5. The Balaban J connectivity index is 1.48. The molecular formula is C21H17N3O4. The molecule has 0 fully saturated rings. The van der Waals surface area contributed by atoms with Gasteiger partial charge in [-0.1, -0.05) is 24.3 Å². The summed E-state index contributed by atoms with van der Waals surface area (Å²) in [6.45, 7) is 0.361. The SMILES string of the molecule is O=C1CCNC(=O)C2=C1CC(Cc1ccc(-c3ccc([N+](=O)[O-])cc3)cc1)=N2. The molecule has 2 heterocycles. The molecule has 0 spiro atoms. The van der Waals surface area contributed by atoms with Gasteiger partial charge in [0.15, 0.2) is 5.78 Å². The number of nitro benzene ring substituents is 1.